The third-order valence-corrected chi connectivity index (χ3v) is 10.2. The molecule has 10 nitrogen and oxygen atoms in total. The molecule has 5 N–H and O–H groups in total. The predicted molar refractivity (Wildman–Crippen MR) is 153 cm³/mol. The molecule has 14 heteroatoms. The number of nitrogens with one attached hydrogen (secondary N) is 1. The highest BCUT2D eigenvalue weighted by atomic mass is 35.5. The molecular formula is C27H27ClFN3O7S2. The van der Waals surface area contributed by atoms with Crippen molar-refractivity contribution in [2.24, 2.45) is 0 Å². The number of nitrogens with zero attached hydrogens (tertiary/aromatic N) is 1. The van der Waals surface area contributed by atoms with Crippen molar-refractivity contribution in [3.63, 3.8) is 0 Å². The van der Waals surface area contributed by atoms with Crippen molar-refractivity contribution in [3.8, 4) is 16.2 Å². The van der Waals surface area contributed by atoms with E-state index in [1.807, 2.05) is 13.8 Å². The third-order valence-electron chi connectivity index (χ3n) is 6.54. The van der Waals surface area contributed by atoms with E-state index in [0.29, 0.717) is 29.0 Å². The maximum atomic E-state index is 14.3. The number of aromatic carboxylic acids is 1. The van der Waals surface area contributed by atoms with Crippen molar-refractivity contribution in [2.45, 2.75) is 44.0 Å². The van der Waals surface area contributed by atoms with Crippen molar-refractivity contribution in [2.75, 3.05) is 24.2 Å². The Morgan fingerprint density at radius 3 is 2.71 bits per heavy atom. The minimum Gasteiger partial charge on any atom is -0.479 e. The Bertz CT molecular complexity index is 1590. The van der Waals surface area contributed by atoms with Crippen molar-refractivity contribution >= 4 is 56.3 Å². The van der Waals surface area contributed by atoms with Gasteiger partial charge in [0.2, 0.25) is 10.0 Å². The van der Waals surface area contributed by atoms with Crippen molar-refractivity contribution in [1.29, 1.82) is 0 Å². The Morgan fingerprint density at radius 1 is 1.32 bits per heavy atom. The smallest absolute Gasteiger partial charge is 0.349 e. The van der Waals surface area contributed by atoms with Gasteiger partial charge in [0.1, 0.15) is 10.8 Å². The second-order valence-electron chi connectivity index (χ2n) is 10.1. The number of ether oxygens (including phenoxy) is 1. The van der Waals surface area contributed by atoms with Crippen LogP contribution in [0.2, 0.25) is 5.02 Å². The van der Waals surface area contributed by atoms with Gasteiger partial charge in [0, 0.05) is 46.7 Å². The number of sulfonamides is 1. The summed E-state index contributed by atoms with van der Waals surface area (Å²) in [6.07, 6.45) is 0.905. The molecule has 1 aliphatic rings. The molecule has 0 saturated carbocycles. The van der Waals surface area contributed by atoms with E-state index in [9.17, 15) is 27.5 Å². The number of piperidine rings is 1. The van der Waals surface area contributed by atoms with E-state index in [4.69, 9.17) is 27.2 Å². The minimum absolute atomic E-state index is 0.0134. The number of hydrogen-bond acceptors (Lipinski definition) is 8. The molecule has 2 heterocycles. The molecule has 1 aromatic heterocycles. The zero-order valence-corrected chi connectivity index (χ0v) is 24.4. The van der Waals surface area contributed by atoms with Crippen molar-refractivity contribution in [1.82, 2.24) is 4.31 Å². The summed E-state index contributed by atoms with van der Waals surface area (Å²) < 4.78 is 47.4. The van der Waals surface area contributed by atoms with Gasteiger partial charge in [-0.3, -0.25) is 0 Å². The van der Waals surface area contributed by atoms with Crippen LogP contribution in [0.5, 0.6) is 5.75 Å². The molecule has 2 aromatic carbocycles. The third kappa shape index (κ3) is 6.84. The number of hydrogen-bond donors (Lipinski definition) is 4. The summed E-state index contributed by atoms with van der Waals surface area (Å²) in [5.74, 6) is -3.97. The number of halogens is 2. The number of aliphatic carboxylic acids is 1. The van der Waals surface area contributed by atoms with E-state index in [0.717, 1.165) is 17.4 Å². The Labute approximate surface area is 245 Å². The molecule has 0 bridgehead atoms. The van der Waals surface area contributed by atoms with Gasteiger partial charge in [-0.1, -0.05) is 23.7 Å². The fraction of sp³-hybridized carbons (Fsp3) is 0.333. The topological polar surface area (TPSA) is 159 Å². The molecule has 0 spiro atoms. The number of carbonyl (C=O) groups is 2. The molecule has 218 valence electrons. The molecule has 0 radical (unpaired) electrons. The highest BCUT2D eigenvalue weighted by molar-refractivity contribution is 7.88. The summed E-state index contributed by atoms with van der Waals surface area (Å²) >= 11 is 7.21. The average molecular weight is 624 g/mol. The number of carboxylic acids is 2. The van der Waals surface area contributed by atoms with E-state index < -0.39 is 45.7 Å². The van der Waals surface area contributed by atoms with Gasteiger partial charge >= 0.3 is 11.9 Å². The number of thiophene rings is 1. The normalized spacial score (nSPS) is 17.0. The zero-order valence-electron chi connectivity index (χ0n) is 22.0. The van der Waals surface area contributed by atoms with Crippen molar-refractivity contribution in [3.05, 3.63) is 63.7 Å². The predicted octanol–water partition coefficient (Wildman–Crippen LogP) is 4.74. The molecule has 4 rings (SSSR count). The van der Waals surface area contributed by atoms with Crippen LogP contribution in [-0.4, -0.2) is 59.6 Å². The molecule has 0 amide bonds. The molecule has 1 unspecified atom stereocenters. The van der Waals surface area contributed by atoms with E-state index >= 15 is 0 Å². The van der Waals surface area contributed by atoms with E-state index in [-0.39, 0.29) is 39.5 Å². The van der Waals surface area contributed by atoms with Gasteiger partial charge in [0.05, 0.1) is 10.6 Å². The quantitative estimate of drug-likeness (QED) is 0.234. The summed E-state index contributed by atoms with van der Waals surface area (Å²) in [5.41, 5.74) is 6.26. The number of rotatable bonds is 10. The van der Waals surface area contributed by atoms with E-state index in [1.165, 1.54) is 16.4 Å². The first-order chi connectivity index (χ1) is 19.2. The van der Waals surface area contributed by atoms with Crippen LogP contribution < -0.4 is 15.8 Å². The SMILES string of the molecule is CC1(C)CC(Nc2cc#cc(-c3sc(C(=O)O)c(OCC(=O)O)c3Cl)c2)CCN1S(=O)(=O)Cc1cc(N)ccc1F. The standard InChI is InChI=1S/C27H27ClFN3O7S2/c1-27(2)12-19(8-9-32(27)41(37,38)14-16-10-17(30)6-7-20(16)29)31-18-5-3-4-15(11-18)24-22(28)23(39-13-21(33)34)25(40-24)26(35)36/h5-7,10-11,19,31H,8-9,12-14,30H2,1-2H3,(H,33,34)(H,35,36). The van der Waals surface area contributed by atoms with Gasteiger partial charge in [-0.15, -0.1) is 11.3 Å². The Morgan fingerprint density at radius 2 is 2.05 bits per heavy atom. The molecular weight excluding hydrogens is 597 g/mol. The van der Waals surface area contributed by atoms with Crippen LogP contribution in [0, 0.1) is 17.9 Å². The molecule has 0 aliphatic carbocycles. The highest BCUT2D eigenvalue weighted by Gasteiger charge is 2.41. The number of benzene rings is 1. The highest BCUT2D eigenvalue weighted by Crippen LogP contribution is 2.45. The average Bonchev–Trinajstić information content (AvgIpc) is 3.20. The van der Waals surface area contributed by atoms with Crippen LogP contribution in [0.4, 0.5) is 15.8 Å². The largest absolute Gasteiger partial charge is 0.479 e. The summed E-state index contributed by atoms with van der Waals surface area (Å²) in [5, 5.41) is 21.8. The lowest BCUT2D eigenvalue weighted by Crippen LogP contribution is -2.55. The van der Waals surface area contributed by atoms with Gasteiger partial charge in [-0.2, -0.15) is 4.31 Å². The lowest BCUT2D eigenvalue weighted by atomic mass is 9.89. The summed E-state index contributed by atoms with van der Waals surface area (Å²) in [7, 11) is -3.86. The van der Waals surface area contributed by atoms with Gasteiger partial charge in [0.25, 0.3) is 0 Å². The monoisotopic (exact) mass is 623 g/mol. The second kappa shape index (κ2) is 11.7. The van der Waals surface area contributed by atoms with Crippen LogP contribution in [0.1, 0.15) is 41.9 Å². The Hall–Kier alpha value is -3.57. The van der Waals surface area contributed by atoms with Crippen LogP contribution in [-0.2, 0) is 20.6 Å². The molecule has 1 saturated heterocycles. The fourth-order valence-corrected chi connectivity index (χ4v) is 8.19. The molecule has 1 atom stereocenters. The zero-order chi connectivity index (χ0) is 30.1. The number of anilines is 2. The Balaban J connectivity index is 1.50. The summed E-state index contributed by atoms with van der Waals surface area (Å²) in [6, 6.07) is 12.8. The summed E-state index contributed by atoms with van der Waals surface area (Å²) in [6.45, 7) is 3.06. The first-order valence-corrected chi connectivity index (χ1v) is 15.1. The number of carboxylic acid groups (broad SMARTS) is 2. The number of nitrogens with two attached hydrogens (primary N) is 1. The number of nitrogen functional groups attached to an aromatic ring is 1. The van der Waals surface area contributed by atoms with E-state index in [2.05, 4.69) is 17.4 Å². The molecule has 1 aliphatic heterocycles. The first kappa shape index (κ1) is 30.4. The molecule has 3 aromatic rings. The Kier molecular flexibility index (Phi) is 8.70. The lowest BCUT2D eigenvalue weighted by molar-refractivity contribution is -0.139. The second-order valence-corrected chi connectivity index (χ2v) is 13.4. The van der Waals surface area contributed by atoms with Crippen molar-refractivity contribution < 1.29 is 37.3 Å². The van der Waals surface area contributed by atoms with Crippen LogP contribution in [0.25, 0.3) is 10.4 Å². The maximum absolute atomic E-state index is 14.3. The molecule has 41 heavy (non-hydrogen) atoms. The fourth-order valence-electron chi connectivity index (χ4n) is 4.84. The van der Waals surface area contributed by atoms with Gasteiger partial charge in [0.15, 0.2) is 17.2 Å². The van der Waals surface area contributed by atoms with Crippen LogP contribution in [0.3, 0.4) is 0 Å². The maximum Gasteiger partial charge on any atom is 0.349 e. The van der Waals surface area contributed by atoms with Gasteiger partial charge in [-0.25, -0.2) is 22.4 Å². The van der Waals surface area contributed by atoms with Crippen LogP contribution >= 0.6 is 22.9 Å². The lowest BCUT2D eigenvalue weighted by Gasteiger charge is -2.44. The minimum atomic E-state index is -3.86. The summed E-state index contributed by atoms with van der Waals surface area (Å²) in [4.78, 5) is 22.7. The van der Waals surface area contributed by atoms with E-state index in [1.54, 1.807) is 12.1 Å². The first-order valence-electron chi connectivity index (χ1n) is 12.3. The van der Waals surface area contributed by atoms with Gasteiger partial charge < -0.3 is 26.0 Å². The molecule has 1 fully saturated rings. The van der Waals surface area contributed by atoms with Crippen LogP contribution in [0.15, 0.2) is 30.3 Å². The van der Waals surface area contributed by atoms with Gasteiger partial charge in [-0.05, 0) is 51.0 Å².